The van der Waals surface area contributed by atoms with Crippen molar-refractivity contribution in [3.63, 3.8) is 0 Å². The lowest BCUT2D eigenvalue weighted by atomic mass is 9.97. The van der Waals surface area contributed by atoms with Gasteiger partial charge in [0.1, 0.15) is 5.82 Å². The number of allylic oxidation sites excluding steroid dienone is 4. The lowest BCUT2D eigenvalue weighted by Gasteiger charge is -2.17. The molecule has 0 radical (unpaired) electrons. The van der Waals surface area contributed by atoms with Crippen molar-refractivity contribution in [2.75, 3.05) is 6.54 Å². The molecule has 1 N–H and O–H groups in total. The van der Waals surface area contributed by atoms with Crippen LogP contribution in [0.4, 0.5) is 13.2 Å². The molecule has 3 nitrogen and oxygen atoms in total. The van der Waals surface area contributed by atoms with E-state index >= 15 is 0 Å². The van der Waals surface area contributed by atoms with Crippen molar-refractivity contribution in [3.05, 3.63) is 34.9 Å². The van der Waals surface area contributed by atoms with E-state index in [2.05, 4.69) is 10.3 Å². The standard InChI is InChI=1S/C14H16F3N3/c1-20-12-8-18-7-6-11(12)19-13(20)9-2-4-10(5-3-9)14(15,16)17/h2,4,18H,3,5-8H2,1H3. The van der Waals surface area contributed by atoms with Crippen LogP contribution in [0.1, 0.15) is 30.1 Å². The Balaban J connectivity index is 1.93. The highest BCUT2D eigenvalue weighted by molar-refractivity contribution is 5.65. The van der Waals surface area contributed by atoms with Crippen LogP contribution in [-0.4, -0.2) is 22.3 Å². The van der Waals surface area contributed by atoms with Gasteiger partial charge in [0.25, 0.3) is 0 Å². The molecular weight excluding hydrogens is 267 g/mol. The molecule has 2 aliphatic rings. The number of halogens is 3. The Morgan fingerprint density at radius 1 is 1.20 bits per heavy atom. The molecule has 20 heavy (non-hydrogen) atoms. The van der Waals surface area contributed by atoms with E-state index in [4.69, 9.17) is 0 Å². The van der Waals surface area contributed by atoms with Crippen molar-refractivity contribution in [1.29, 1.82) is 0 Å². The molecule has 3 rings (SSSR count). The largest absolute Gasteiger partial charge is 0.412 e. The minimum Gasteiger partial charge on any atom is -0.330 e. The van der Waals surface area contributed by atoms with Crippen LogP contribution in [0.15, 0.2) is 17.7 Å². The number of aromatic nitrogens is 2. The molecule has 6 heteroatoms. The fraction of sp³-hybridized carbons (Fsp3) is 0.500. The highest BCUT2D eigenvalue weighted by Gasteiger charge is 2.34. The van der Waals surface area contributed by atoms with Crippen LogP contribution in [0.5, 0.6) is 0 Å². The molecule has 0 saturated heterocycles. The number of alkyl halides is 3. The fourth-order valence-corrected chi connectivity index (χ4v) is 2.77. The van der Waals surface area contributed by atoms with Crippen LogP contribution < -0.4 is 5.32 Å². The van der Waals surface area contributed by atoms with Gasteiger partial charge in [-0.1, -0.05) is 12.2 Å². The van der Waals surface area contributed by atoms with Gasteiger partial charge in [0.05, 0.1) is 11.4 Å². The summed E-state index contributed by atoms with van der Waals surface area (Å²) in [5.41, 5.74) is 2.63. The van der Waals surface area contributed by atoms with Crippen LogP contribution >= 0.6 is 0 Å². The summed E-state index contributed by atoms with van der Waals surface area (Å²) in [6.07, 6.45) is -0.168. The molecule has 0 fully saturated rings. The predicted molar refractivity (Wildman–Crippen MR) is 70.0 cm³/mol. The average molecular weight is 283 g/mol. The van der Waals surface area contributed by atoms with E-state index in [1.807, 2.05) is 11.6 Å². The minimum atomic E-state index is -4.22. The third-order valence-electron chi connectivity index (χ3n) is 3.93. The lowest BCUT2D eigenvalue weighted by Crippen LogP contribution is -2.24. The van der Waals surface area contributed by atoms with Crippen molar-refractivity contribution < 1.29 is 13.2 Å². The zero-order valence-corrected chi connectivity index (χ0v) is 11.2. The number of nitrogens with zero attached hydrogens (tertiary/aromatic N) is 2. The molecule has 0 spiro atoms. The second kappa shape index (κ2) is 4.77. The molecule has 1 aromatic heterocycles. The van der Waals surface area contributed by atoms with Crippen LogP contribution in [0, 0.1) is 0 Å². The fourth-order valence-electron chi connectivity index (χ4n) is 2.77. The third-order valence-corrected chi connectivity index (χ3v) is 3.93. The number of hydrogen-bond donors (Lipinski definition) is 1. The maximum Gasteiger partial charge on any atom is 0.412 e. The summed E-state index contributed by atoms with van der Waals surface area (Å²) < 4.78 is 39.8. The van der Waals surface area contributed by atoms with E-state index in [0.29, 0.717) is 6.42 Å². The highest BCUT2D eigenvalue weighted by atomic mass is 19.4. The van der Waals surface area contributed by atoms with Gasteiger partial charge in [-0.2, -0.15) is 13.2 Å². The summed E-state index contributed by atoms with van der Waals surface area (Å²) in [5.74, 6) is 0.802. The summed E-state index contributed by atoms with van der Waals surface area (Å²) in [4.78, 5) is 4.61. The Morgan fingerprint density at radius 3 is 2.60 bits per heavy atom. The number of nitrogens with one attached hydrogen (secondary N) is 1. The third kappa shape index (κ3) is 2.28. The summed E-state index contributed by atoms with van der Waals surface area (Å²) in [7, 11) is 1.93. The first-order valence-corrected chi connectivity index (χ1v) is 6.69. The maximum absolute atomic E-state index is 12.6. The Morgan fingerprint density at radius 2 is 2.00 bits per heavy atom. The minimum absolute atomic E-state index is 0.0328. The van der Waals surface area contributed by atoms with Crippen molar-refractivity contribution in [2.24, 2.45) is 7.05 Å². The molecule has 0 aromatic carbocycles. The van der Waals surface area contributed by atoms with Gasteiger partial charge in [0.2, 0.25) is 0 Å². The highest BCUT2D eigenvalue weighted by Crippen LogP contribution is 2.35. The molecule has 0 amide bonds. The second-order valence-corrected chi connectivity index (χ2v) is 5.20. The van der Waals surface area contributed by atoms with E-state index in [1.165, 1.54) is 6.08 Å². The molecule has 108 valence electrons. The van der Waals surface area contributed by atoms with E-state index in [9.17, 15) is 13.2 Å². The molecule has 2 heterocycles. The van der Waals surface area contributed by atoms with Crippen LogP contribution in [0.3, 0.4) is 0 Å². The van der Waals surface area contributed by atoms with Gasteiger partial charge in [-0.3, -0.25) is 0 Å². The first kappa shape index (κ1) is 13.4. The maximum atomic E-state index is 12.6. The smallest absolute Gasteiger partial charge is 0.330 e. The Bertz CT molecular complexity index is 594. The topological polar surface area (TPSA) is 29.9 Å². The Kier molecular flexibility index (Phi) is 3.20. The van der Waals surface area contributed by atoms with E-state index < -0.39 is 11.7 Å². The molecule has 0 saturated carbocycles. The van der Waals surface area contributed by atoms with Crippen molar-refractivity contribution >= 4 is 5.57 Å². The van der Waals surface area contributed by atoms with Crippen molar-refractivity contribution in [1.82, 2.24) is 14.9 Å². The molecule has 0 unspecified atom stereocenters. The monoisotopic (exact) mass is 283 g/mol. The quantitative estimate of drug-likeness (QED) is 0.859. The van der Waals surface area contributed by atoms with Crippen LogP contribution in [0.2, 0.25) is 0 Å². The van der Waals surface area contributed by atoms with E-state index in [0.717, 1.165) is 42.3 Å². The Hall–Kier alpha value is -1.56. The second-order valence-electron chi connectivity index (χ2n) is 5.20. The first-order valence-electron chi connectivity index (χ1n) is 6.69. The zero-order chi connectivity index (χ0) is 14.3. The average Bonchev–Trinajstić information content (AvgIpc) is 2.76. The number of imidazole rings is 1. The van der Waals surface area contributed by atoms with Gasteiger partial charge in [0.15, 0.2) is 0 Å². The molecule has 1 aliphatic carbocycles. The SMILES string of the molecule is Cn1c(C2=CC=C(C(F)(F)F)CC2)nc2c1CNCC2. The van der Waals surface area contributed by atoms with Gasteiger partial charge in [-0.05, 0) is 18.4 Å². The first-order chi connectivity index (χ1) is 9.47. The van der Waals surface area contributed by atoms with E-state index in [1.54, 1.807) is 6.08 Å². The van der Waals surface area contributed by atoms with E-state index in [-0.39, 0.29) is 6.42 Å². The van der Waals surface area contributed by atoms with Gasteiger partial charge < -0.3 is 9.88 Å². The van der Waals surface area contributed by atoms with Gasteiger partial charge in [0, 0.05) is 32.1 Å². The summed E-state index contributed by atoms with van der Waals surface area (Å²) in [6, 6.07) is 0. The molecule has 0 bridgehead atoms. The Labute approximate surface area is 115 Å². The van der Waals surface area contributed by atoms with Gasteiger partial charge >= 0.3 is 6.18 Å². The summed E-state index contributed by atoms with van der Waals surface area (Å²) in [6.45, 7) is 1.68. The number of rotatable bonds is 1. The molecule has 1 aliphatic heterocycles. The molecule has 1 aromatic rings. The molecule has 0 atom stereocenters. The summed E-state index contributed by atoms with van der Waals surface area (Å²) in [5, 5.41) is 3.28. The van der Waals surface area contributed by atoms with Crippen LogP contribution in [-0.2, 0) is 20.0 Å². The summed E-state index contributed by atoms with van der Waals surface area (Å²) >= 11 is 0. The lowest BCUT2D eigenvalue weighted by molar-refractivity contribution is -0.0939. The number of hydrogen-bond acceptors (Lipinski definition) is 2. The zero-order valence-electron chi connectivity index (χ0n) is 11.2. The number of fused-ring (bicyclic) bond motifs is 1. The van der Waals surface area contributed by atoms with Gasteiger partial charge in [-0.15, -0.1) is 0 Å². The predicted octanol–water partition coefficient (Wildman–Crippen LogP) is 2.73. The van der Waals surface area contributed by atoms with Gasteiger partial charge in [-0.25, -0.2) is 4.98 Å². The molecular formula is C14H16F3N3. The normalized spacial score (nSPS) is 19.4. The van der Waals surface area contributed by atoms with Crippen molar-refractivity contribution in [2.45, 2.75) is 32.0 Å². The van der Waals surface area contributed by atoms with Crippen LogP contribution in [0.25, 0.3) is 5.57 Å². The van der Waals surface area contributed by atoms with Crippen molar-refractivity contribution in [3.8, 4) is 0 Å².